The van der Waals surface area contributed by atoms with E-state index < -0.39 is 5.82 Å². The van der Waals surface area contributed by atoms with Crippen LogP contribution in [0, 0.1) is 5.82 Å². The summed E-state index contributed by atoms with van der Waals surface area (Å²) < 4.78 is 13.1. The Hall–Kier alpha value is -1.46. The molecule has 4 nitrogen and oxygen atoms in total. The monoisotopic (exact) mass is 282 g/mol. The van der Waals surface area contributed by atoms with Gasteiger partial charge in [0.15, 0.2) is 0 Å². The number of nitrogens with one attached hydrogen (secondary N) is 2. The summed E-state index contributed by atoms with van der Waals surface area (Å²) >= 11 is 5.80. The van der Waals surface area contributed by atoms with Crippen LogP contribution in [-0.4, -0.2) is 21.7 Å². The Morgan fingerprint density at radius 3 is 2.95 bits per heavy atom. The van der Waals surface area contributed by atoms with Gasteiger partial charge in [0.1, 0.15) is 18.0 Å². The first-order valence-corrected chi connectivity index (χ1v) is 6.61. The third-order valence-electron chi connectivity index (χ3n) is 2.83. The standard InChI is InChI=1S/C13H16ClFN4/c1-2-5-16-12(13-17-8-18-19-13)7-9-3-4-11(15)10(14)6-9/h3-4,6,8,12,16H,2,5,7H2,1H3,(H,17,18,19). The summed E-state index contributed by atoms with van der Waals surface area (Å²) in [6.07, 6.45) is 3.18. The molecule has 0 radical (unpaired) electrons. The van der Waals surface area contributed by atoms with Crippen molar-refractivity contribution in [2.75, 3.05) is 6.54 Å². The zero-order chi connectivity index (χ0) is 13.7. The highest BCUT2D eigenvalue weighted by Gasteiger charge is 2.15. The van der Waals surface area contributed by atoms with Gasteiger partial charge >= 0.3 is 0 Å². The fraction of sp³-hybridized carbons (Fsp3) is 0.385. The molecule has 1 atom stereocenters. The van der Waals surface area contributed by atoms with Crippen molar-refractivity contribution in [1.82, 2.24) is 20.5 Å². The van der Waals surface area contributed by atoms with E-state index in [1.54, 1.807) is 12.1 Å². The summed E-state index contributed by atoms with van der Waals surface area (Å²) in [6.45, 7) is 2.97. The third kappa shape index (κ3) is 3.75. The van der Waals surface area contributed by atoms with Crippen LogP contribution in [0.1, 0.15) is 30.8 Å². The quantitative estimate of drug-likeness (QED) is 0.856. The number of halogens is 2. The van der Waals surface area contributed by atoms with Crippen molar-refractivity contribution in [2.24, 2.45) is 0 Å². The molecule has 0 aliphatic heterocycles. The van der Waals surface area contributed by atoms with Crippen LogP contribution >= 0.6 is 11.6 Å². The van der Waals surface area contributed by atoms with Gasteiger partial charge in [-0.2, -0.15) is 5.10 Å². The molecule has 0 aliphatic rings. The molecule has 0 amide bonds. The summed E-state index contributed by atoms with van der Waals surface area (Å²) in [5.41, 5.74) is 0.955. The van der Waals surface area contributed by atoms with Crippen LogP contribution in [0.2, 0.25) is 5.02 Å². The zero-order valence-electron chi connectivity index (χ0n) is 10.7. The molecule has 0 fully saturated rings. The number of nitrogens with zero attached hydrogens (tertiary/aromatic N) is 2. The minimum absolute atomic E-state index is 0.0176. The first-order chi connectivity index (χ1) is 9.20. The number of hydrogen-bond donors (Lipinski definition) is 2. The Morgan fingerprint density at radius 2 is 2.32 bits per heavy atom. The van der Waals surface area contributed by atoms with Gasteiger partial charge in [0.05, 0.1) is 11.1 Å². The van der Waals surface area contributed by atoms with Crippen LogP contribution in [-0.2, 0) is 6.42 Å². The fourth-order valence-electron chi connectivity index (χ4n) is 1.87. The molecule has 1 aromatic heterocycles. The molecule has 0 spiro atoms. The van der Waals surface area contributed by atoms with E-state index in [0.717, 1.165) is 24.4 Å². The molecule has 102 valence electrons. The largest absolute Gasteiger partial charge is 0.307 e. The van der Waals surface area contributed by atoms with Crippen molar-refractivity contribution in [1.29, 1.82) is 0 Å². The number of aromatic amines is 1. The Morgan fingerprint density at radius 1 is 1.47 bits per heavy atom. The SMILES string of the molecule is CCCNC(Cc1ccc(F)c(Cl)c1)c1ncn[nH]1. The Kier molecular flexibility index (Phi) is 4.87. The van der Waals surface area contributed by atoms with E-state index >= 15 is 0 Å². The van der Waals surface area contributed by atoms with Crippen LogP contribution < -0.4 is 5.32 Å². The van der Waals surface area contributed by atoms with E-state index in [9.17, 15) is 4.39 Å². The van der Waals surface area contributed by atoms with Gasteiger partial charge in [-0.1, -0.05) is 24.6 Å². The van der Waals surface area contributed by atoms with E-state index in [1.165, 1.54) is 12.4 Å². The van der Waals surface area contributed by atoms with Crippen LogP contribution in [0.4, 0.5) is 4.39 Å². The molecule has 1 aromatic carbocycles. The Balaban J connectivity index is 2.13. The van der Waals surface area contributed by atoms with Crippen molar-refractivity contribution < 1.29 is 4.39 Å². The van der Waals surface area contributed by atoms with Gasteiger partial charge in [0.25, 0.3) is 0 Å². The van der Waals surface area contributed by atoms with Gasteiger partial charge in [0, 0.05) is 0 Å². The molecule has 2 rings (SSSR count). The molecule has 1 heterocycles. The first kappa shape index (κ1) is 14.0. The van der Waals surface area contributed by atoms with Crippen molar-refractivity contribution in [3.63, 3.8) is 0 Å². The highest BCUT2D eigenvalue weighted by molar-refractivity contribution is 6.30. The van der Waals surface area contributed by atoms with Gasteiger partial charge in [-0.15, -0.1) is 0 Å². The molecule has 0 saturated heterocycles. The van der Waals surface area contributed by atoms with Gasteiger partial charge in [-0.3, -0.25) is 5.10 Å². The highest BCUT2D eigenvalue weighted by Crippen LogP contribution is 2.20. The minimum atomic E-state index is -0.400. The van der Waals surface area contributed by atoms with E-state index in [2.05, 4.69) is 27.4 Å². The predicted molar refractivity (Wildman–Crippen MR) is 72.5 cm³/mol. The summed E-state index contributed by atoms with van der Waals surface area (Å²) in [5, 5.41) is 10.3. The second-order valence-electron chi connectivity index (χ2n) is 4.33. The van der Waals surface area contributed by atoms with Crippen LogP contribution in [0.15, 0.2) is 24.5 Å². The lowest BCUT2D eigenvalue weighted by Gasteiger charge is -2.16. The van der Waals surface area contributed by atoms with E-state index in [-0.39, 0.29) is 11.1 Å². The minimum Gasteiger partial charge on any atom is -0.307 e. The molecule has 19 heavy (non-hydrogen) atoms. The summed E-state index contributed by atoms with van der Waals surface area (Å²) in [7, 11) is 0. The molecular formula is C13H16ClFN4. The lowest BCUT2D eigenvalue weighted by Crippen LogP contribution is -2.25. The van der Waals surface area contributed by atoms with Crippen molar-refractivity contribution >= 4 is 11.6 Å². The van der Waals surface area contributed by atoms with E-state index in [1.807, 2.05) is 0 Å². The highest BCUT2D eigenvalue weighted by atomic mass is 35.5. The maximum absolute atomic E-state index is 13.1. The van der Waals surface area contributed by atoms with Crippen LogP contribution in [0.5, 0.6) is 0 Å². The lowest BCUT2D eigenvalue weighted by molar-refractivity contribution is 0.505. The number of rotatable bonds is 6. The molecule has 6 heteroatoms. The maximum atomic E-state index is 13.1. The lowest BCUT2D eigenvalue weighted by atomic mass is 10.1. The van der Waals surface area contributed by atoms with Crippen molar-refractivity contribution in [3.8, 4) is 0 Å². The van der Waals surface area contributed by atoms with Crippen molar-refractivity contribution in [3.05, 3.63) is 46.8 Å². The van der Waals surface area contributed by atoms with Gasteiger partial charge in [0.2, 0.25) is 0 Å². The molecule has 0 bridgehead atoms. The summed E-state index contributed by atoms with van der Waals surface area (Å²) in [4.78, 5) is 4.17. The Bertz CT molecular complexity index is 515. The number of H-pyrrole nitrogens is 1. The molecule has 2 N–H and O–H groups in total. The second kappa shape index (κ2) is 6.63. The van der Waals surface area contributed by atoms with Gasteiger partial charge < -0.3 is 5.32 Å². The van der Waals surface area contributed by atoms with E-state index in [0.29, 0.717) is 6.42 Å². The fourth-order valence-corrected chi connectivity index (χ4v) is 2.07. The van der Waals surface area contributed by atoms with Gasteiger partial charge in [-0.05, 0) is 37.1 Å². The molecular weight excluding hydrogens is 267 g/mol. The number of hydrogen-bond acceptors (Lipinski definition) is 3. The molecule has 0 aliphatic carbocycles. The smallest absolute Gasteiger partial charge is 0.141 e. The van der Waals surface area contributed by atoms with E-state index in [4.69, 9.17) is 11.6 Å². The number of benzene rings is 1. The zero-order valence-corrected chi connectivity index (χ0v) is 11.4. The van der Waals surface area contributed by atoms with Crippen molar-refractivity contribution in [2.45, 2.75) is 25.8 Å². The predicted octanol–water partition coefficient (Wildman–Crippen LogP) is 2.88. The molecule has 0 saturated carbocycles. The molecule has 2 aromatic rings. The summed E-state index contributed by atoms with van der Waals surface area (Å²) in [6, 6.07) is 4.78. The topological polar surface area (TPSA) is 53.6 Å². The molecule has 1 unspecified atom stereocenters. The first-order valence-electron chi connectivity index (χ1n) is 6.23. The Labute approximate surface area is 116 Å². The van der Waals surface area contributed by atoms with Gasteiger partial charge in [-0.25, -0.2) is 9.37 Å². The van der Waals surface area contributed by atoms with Crippen LogP contribution in [0.3, 0.4) is 0 Å². The summed E-state index contributed by atoms with van der Waals surface area (Å²) in [5.74, 6) is 0.372. The van der Waals surface area contributed by atoms with Crippen LogP contribution in [0.25, 0.3) is 0 Å². The normalized spacial score (nSPS) is 12.6. The second-order valence-corrected chi connectivity index (χ2v) is 4.74. The average Bonchev–Trinajstić information content (AvgIpc) is 2.92. The maximum Gasteiger partial charge on any atom is 0.141 e. The number of aromatic nitrogens is 3. The third-order valence-corrected chi connectivity index (χ3v) is 3.12. The average molecular weight is 283 g/mol.